The molecule has 2 aromatic rings. The van der Waals surface area contributed by atoms with Crippen LogP contribution < -0.4 is 5.32 Å². The predicted molar refractivity (Wildman–Crippen MR) is 109 cm³/mol. The fourth-order valence-electron chi connectivity index (χ4n) is 2.75. The maximum atomic E-state index is 10.4. The summed E-state index contributed by atoms with van der Waals surface area (Å²) in [6.07, 6.45) is 4.32. The molecule has 0 fully saturated rings. The van der Waals surface area contributed by atoms with Gasteiger partial charge in [-0.15, -0.1) is 0 Å². The average Bonchev–Trinajstić information content (AvgIpc) is 2.65. The second-order valence-electron chi connectivity index (χ2n) is 7.86. The van der Waals surface area contributed by atoms with E-state index in [9.17, 15) is 4.79 Å². The van der Waals surface area contributed by atoms with Crippen molar-refractivity contribution in [1.82, 2.24) is 0 Å². The summed E-state index contributed by atoms with van der Waals surface area (Å²) in [5.41, 5.74) is 4.47. The smallest absolute Gasteiger partial charge is 0.293 e. The molecule has 0 bridgehead atoms. The van der Waals surface area contributed by atoms with Gasteiger partial charge in [0.2, 0.25) is 0 Å². The first-order chi connectivity index (χ1) is 12.3. The molecule has 2 aromatic carbocycles. The summed E-state index contributed by atoms with van der Waals surface area (Å²) in [4.78, 5) is 10.4. The maximum absolute atomic E-state index is 10.4. The van der Waals surface area contributed by atoms with E-state index >= 15 is 0 Å². The van der Waals surface area contributed by atoms with E-state index in [0.29, 0.717) is 13.1 Å². The highest BCUT2D eigenvalue weighted by Gasteiger charge is 2.20. The quantitative estimate of drug-likeness (QED) is 0.509. The number of allylic oxidation sites excluding steroid dienone is 1. The molecule has 0 aromatic heterocycles. The van der Waals surface area contributed by atoms with Crippen molar-refractivity contribution in [3.63, 3.8) is 0 Å². The van der Waals surface area contributed by atoms with Gasteiger partial charge in [-0.1, -0.05) is 76.2 Å². The number of hydrogen-bond donors (Lipinski definition) is 1. The molecule has 3 heteroatoms. The molecule has 0 unspecified atom stereocenters. The summed E-state index contributed by atoms with van der Waals surface area (Å²) in [6.45, 7) is 9.38. The third-order valence-electron chi connectivity index (χ3n) is 4.61. The fraction of sp³-hybridized carbons (Fsp3) is 0.348. The van der Waals surface area contributed by atoms with E-state index < -0.39 is 0 Å². The van der Waals surface area contributed by atoms with Crippen LogP contribution in [0.2, 0.25) is 0 Å². The van der Waals surface area contributed by atoms with Gasteiger partial charge in [-0.05, 0) is 28.8 Å². The molecule has 0 aliphatic heterocycles. The van der Waals surface area contributed by atoms with Crippen molar-refractivity contribution in [1.29, 1.82) is 0 Å². The zero-order valence-electron chi connectivity index (χ0n) is 16.4. The van der Waals surface area contributed by atoms with Crippen LogP contribution in [0, 0.1) is 5.41 Å². The molecule has 0 aliphatic carbocycles. The van der Waals surface area contributed by atoms with Crippen LogP contribution in [0.3, 0.4) is 0 Å². The highest BCUT2D eigenvalue weighted by molar-refractivity contribution is 5.66. The minimum absolute atomic E-state index is 0.104. The van der Waals surface area contributed by atoms with Crippen LogP contribution in [0.4, 0.5) is 5.69 Å². The van der Waals surface area contributed by atoms with Gasteiger partial charge in [-0.25, -0.2) is 0 Å². The molecule has 0 saturated carbocycles. The zero-order valence-corrected chi connectivity index (χ0v) is 16.4. The summed E-state index contributed by atoms with van der Waals surface area (Å²) < 4.78 is 4.91. The molecule has 0 amide bonds. The first-order valence-electron chi connectivity index (χ1n) is 8.92. The van der Waals surface area contributed by atoms with Crippen molar-refractivity contribution < 1.29 is 9.53 Å². The molecule has 0 saturated heterocycles. The Labute approximate surface area is 157 Å². The molecule has 138 valence electrons. The summed E-state index contributed by atoms with van der Waals surface area (Å²) in [6, 6.07) is 17.1. The Balaban J connectivity index is 2.15. The minimum atomic E-state index is -0.187. The summed E-state index contributed by atoms with van der Waals surface area (Å²) in [5, 5.41) is 3.14. The largest absolute Gasteiger partial charge is 0.467 e. The first kappa shape index (κ1) is 19.8. The molecule has 1 N–H and O–H groups in total. The van der Waals surface area contributed by atoms with Crippen LogP contribution in [-0.4, -0.2) is 20.1 Å². The van der Waals surface area contributed by atoms with Gasteiger partial charge in [0.05, 0.1) is 6.61 Å². The fourth-order valence-corrected chi connectivity index (χ4v) is 2.75. The summed E-state index contributed by atoms with van der Waals surface area (Å²) in [5.74, 6) is 0. The van der Waals surface area contributed by atoms with Crippen LogP contribution in [0.1, 0.15) is 33.3 Å². The molecule has 26 heavy (non-hydrogen) atoms. The highest BCUT2D eigenvalue weighted by atomic mass is 16.5. The van der Waals surface area contributed by atoms with Gasteiger partial charge in [-0.3, -0.25) is 4.79 Å². The van der Waals surface area contributed by atoms with Crippen LogP contribution in [0.5, 0.6) is 0 Å². The van der Waals surface area contributed by atoms with Gasteiger partial charge in [0.25, 0.3) is 6.47 Å². The lowest BCUT2D eigenvalue weighted by molar-refractivity contribution is -0.130. The first-order valence-corrected chi connectivity index (χ1v) is 8.92. The third-order valence-corrected chi connectivity index (χ3v) is 4.61. The number of hydrogen-bond acceptors (Lipinski definition) is 3. The summed E-state index contributed by atoms with van der Waals surface area (Å²) >= 11 is 0. The standard InChI is InChI=1S/C23H29NO2/c1-22(2,16-26-17-25)14-15-23(3,4)20-10-6-18(7-11-20)19-8-12-21(24-5)13-9-19/h6-15,17,24H,16H2,1-5H3/b15-14+. The molecule has 2 rings (SSSR count). The zero-order chi connectivity index (χ0) is 19.2. The normalized spacial score (nSPS) is 12.2. The Kier molecular flexibility index (Phi) is 6.25. The lowest BCUT2D eigenvalue weighted by atomic mass is 9.81. The van der Waals surface area contributed by atoms with Gasteiger partial charge in [0.15, 0.2) is 0 Å². The van der Waals surface area contributed by atoms with E-state index in [2.05, 4.69) is 93.7 Å². The Morgan fingerprint density at radius 1 is 0.885 bits per heavy atom. The maximum Gasteiger partial charge on any atom is 0.293 e. The molecular formula is C23H29NO2. The Morgan fingerprint density at radius 3 is 1.92 bits per heavy atom. The number of ether oxygens (including phenoxy) is 1. The lowest BCUT2D eigenvalue weighted by Gasteiger charge is -2.25. The van der Waals surface area contributed by atoms with Gasteiger partial charge in [0, 0.05) is 23.6 Å². The van der Waals surface area contributed by atoms with E-state index in [4.69, 9.17) is 4.74 Å². The van der Waals surface area contributed by atoms with Crippen molar-refractivity contribution in [2.75, 3.05) is 19.0 Å². The van der Waals surface area contributed by atoms with Crippen molar-refractivity contribution in [2.24, 2.45) is 5.41 Å². The minimum Gasteiger partial charge on any atom is -0.467 e. The molecule has 0 aliphatic rings. The van der Waals surface area contributed by atoms with Gasteiger partial charge >= 0.3 is 0 Å². The van der Waals surface area contributed by atoms with E-state index in [1.54, 1.807) is 0 Å². The number of anilines is 1. The van der Waals surface area contributed by atoms with Crippen molar-refractivity contribution in [3.8, 4) is 11.1 Å². The molecule has 3 nitrogen and oxygen atoms in total. The van der Waals surface area contributed by atoms with Crippen molar-refractivity contribution >= 4 is 12.2 Å². The summed E-state index contributed by atoms with van der Waals surface area (Å²) in [7, 11) is 1.92. The number of carbonyl (C=O) groups excluding carboxylic acids is 1. The topological polar surface area (TPSA) is 38.3 Å². The lowest BCUT2D eigenvalue weighted by Crippen LogP contribution is -2.19. The second-order valence-corrected chi connectivity index (χ2v) is 7.86. The van der Waals surface area contributed by atoms with Crippen molar-refractivity contribution in [2.45, 2.75) is 33.1 Å². The average molecular weight is 351 g/mol. The van der Waals surface area contributed by atoms with Crippen LogP contribution in [0.15, 0.2) is 60.7 Å². The van der Waals surface area contributed by atoms with Crippen LogP contribution in [0.25, 0.3) is 11.1 Å². The highest BCUT2D eigenvalue weighted by Crippen LogP contribution is 2.30. The Morgan fingerprint density at radius 2 is 1.42 bits per heavy atom. The van der Waals surface area contributed by atoms with Crippen LogP contribution >= 0.6 is 0 Å². The monoisotopic (exact) mass is 351 g/mol. The van der Waals surface area contributed by atoms with Crippen molar-refractivity contribution in [3.05, 3.63) is 66.2 Å². The SMILES string of the molecule is CNc1ccc(-c2ccc(C(C)(C)/C=C/C(C)(C)COC=O)cc2)cc1. The molecule has 0 radical (unpaired) electrons. The second kappa shape index (κ2) is 8.22. The number of benzene rings is 2. The molecular weight excluding hydrogens is 322 g/mol. The molecule has 0 spiro atoms. The number of rotatable bonds is 8. The van der Waals surface area contributed by atoms with E-state index in [-0.39, 0.29) is 10.8 Å². The van der Waals surface area contributed by atoms with E-state index in [1.165, 1.54) is 16.7 Å². The third kappa shape index (κ3) is 5.22. The van der Waals surface area contributed by atoms with Gasteiger partial charge < -0.3 is 10.1 Å². The predicted octanol–water partition coefficient (Wildman–Crippen LogP) is 5.43. The number of carbonyl (C=O) groups is 1. The Hall–Kier alpha value is -2.55. The van der Waals surface area contributed by atoms with E-state index in [1.807, 2.05) is 7.05 Å². The Bertz CT molecular complexity index is 741. The van der Waals surface area contributed by atoms with E-state index in [0.717, 1.165) is 5.69 Å². The van der Waals surface area contributed by atoms with Gasteiger partial charge in [-0.2, -0.15) is 0 Å². The molecule has 0 atom stereocenters. The van der Waals surface area contributed by atoms with Crippen LogP contribution in [-0.2, 0) is 14.9 Å². The number of nitrogens with one attached hydrogen (secondary N) is 1. The molecule has 0 heterocycles. The van der Waals surface area contributed by atoms with Gasteiger partial charge in [0.1, 0.15) is 0 Å².